The molecule has 2 aromatic carbocycles. The summed E-state index contributed by atoms with van der Waals surface area (Å²) in [7, 11) is 0. The number of halogens is 4. The fourth-order valence-corrected chi connectivity index (χ4v) is 1.81. The summed E-state index contributed by atoms with van der Waals surface area (Å²) in [4.78, 5) is 0. The van der Waals surface area contributed by atoms with Crippen LogP contribution in [-0.4, -0.2) is 23.1 Å². The first kappa shape index (κ1) is 35.6. The third-order valence-corrected chi connectivity index (χ3v) is 2.89. The molecule has 124 valence electrons. The molecule has 2 nitrogen and oxygen atoms in total. The van der Waals surface area contributed by atoms with Crippen molar-refractivity contribution in [2.24, 2.45) is 0 Å². The summed E-state index contributed by atoms with van der Waals surface area (Å²) in [5.41, 5.74) is 1.51. The first-order chi connectivity index (χ1) is 8.70. The second-order valence-corrected chi connectivity index (χ2v) is 4.17. The average molecular weight is 452 g/mol. The standard InChI is InChI=1S/C16H15O2.4ClH.Mg.Ti/c1-12(15(17)13-8-4-2-5-9-13)16(18)14-10-6-3-7-11-14;;;;;;/h2-11,15,18H,1H3;4*1H;;/q-1;;;;;+2;+4/p-5/b16-12-;;;;;;/t15-;;;;;;/m0....../s1. The van der Waals surface area contributed by atoms with Gasteiger partial charge in [-0.3, -0.25) is 0 Å². The van der Waals surface area contributed by atoms with Gasteiger partial charge in [-0.15, -0.1) is 5.76 Å². The minimum absolute atomic E-state index is 0. The molecular weight excluding hydrogens is 438 g/mol. The molecule has 8 heteroatoms. The topological polar surface area (TPSA) is 46.1 Å². The monoisotopic (exact) mass is 450 g/mol. The van der Waals surface area contributed by atoms with E-state index in [1.165, 1.54) is 0 Å². The van der Waals surface area contributed by atoms with E-state index in [9.17, 15) is 10.2 Å². The van der Waals surface area contributed by atoms with Crippen LogP contribution in [0.15, 0.2) is 66.2 Å². The van der Waals surface area contributed by atoms with Gasteiger partial charge in [0, 0.05) is 0 Å². The van der Waals surface area contributed by atoms with E-state index >= 15 is 0 Å². The van der Waals surface area contributed by atoms with Gasteiger partial charge in [-0.05, 0) is 12.5 Å². The van der Waals surface area contributed by atoms with Crippen LogP contribution in [0.4, 0.5) is 0 Å². The van der Waals surface area contributed by atoms with Crippen LogP contribution in [0.1, 0.15) is 24.2 Å². The Balaban J connectivity index is -0.000000201. The third kappa shape index (κ3) is 9.91. The Labute approximate surface area is 199 Å². The predicted octanol–water partition coefficient (Wildman–Crippen LogP) is -10.5. The van der Waals surface area contributed by atoms with Gasteiger partial charge in [0.15, 0.2) is 0 Å². The molecule has 0 N–H and O–H groups in total. The second-order valence-electron chi connectivity index (χ2n) is 4.17. The molecule has 0 saturated carbocycles. The molecule has 0 bridgehead atoms. The number of rotatable bonds is 3. The molecule has 2 rings (SSSR count). The number of hydrogen-bond acceptors (Lipinski definition) is 2. The van der Waals surface area contributed by atoms with Gasteiger partial charge in [0.05, 0.1) is 0 Å². The molecule has 0 saturated heterocycles. The molecular formula is C16H14Cl4MgO2Ti. The molecule has 0 aliphatic heterocycles. The number of benzene rings is 2. The van der Waals surface area contributed by atoms with Crippen molar-refractivity contribution in [3.8, 4) is 0 Å². The van der Waals surface area contributed by atoms with E-state index in [1.807, 2.05) is 12.1 Å². The van der Waals surface area contributed by atoms with E-state index in [-0.39, 0.29) is 100 Å². The molecule has 0 amide bonds. The smallest absolute Gasteiger partial charge is 1.00 e. The van der Waals surface area contributed by atoms with E-state index in [4.69, 9.17) is 0 Å². The van der Waals surface area contributed by atoms with Crippen LogP contribution in [0.2, 0.25) is 0 Å². The average Bonchev–Trinajstić information content (AvgIpc) is 2.47. The fraction of sp³-hybridized carbons (Fsp3) is 0.125. The van der Waals surface area contributed by atoms with E-state index < -0.39 is 6.10 Å². The maximum absolute atomic E-state index is 12.2. The molecule has 2 aromatic rings. The van der Waals surface area contributed by atoms with Crippen molar-refractivity contribution in [2.45, 2.75) is 13.0 Å². The van der Waals surface area contributed by atoms with E-state index in [1.54, 1.807) is 55.5 Å². The third-order valence-electron chi connectivity index (χ3n) is 2.89. The van der Waals surface area contributed by atoms with Crippen molar-refractivity contribution in [2.75, 3.05) is 0 Å². The van der Waals surface area contributed by atoms with Gasteiger partial charge in [-0.1, -0.05) is 77.9 Å². The van der Waals surface area contributed by atoms with Gasteiger partial charge in [0.25, 0.3) is 0 Å². The van der Waals surface area contributed by atoms with Crippen molar-refractivity contribution >= 4 is 28.8 Å². The Hall–Kier alpha value is 0.581. The molecule has 0 heterocycles. The predicted molar refractivity (Wildman–Crippen MR) is 74.0 cm³/mol. The van der Waals surface area contributed by atoms with E-state index in [2.05, 4.69) is 0 Å². The quantitative estimate of drug-likeness (QED) is 0.343. The first-order valence-electron chi connectivity index (χ1n) is 5.84. The zero-order valence-corrected chi connectivity index (χ0v) is 18.9. The van der Waals surface area contributed by atoms with Crippen molar-refractivity contribution in [3.63, 3.8) is 0 Å². The zero-order chi connectivity index (χ0) is 13.0. The van der Waals surface area contributed by atoms with Crippen LogP contribution in [0, 0.1) is 0 Å². The molecule has 24 heavy (non-hydrogen) atoms. The van der Waals surface area contributed by atoms with E-state index in [0.29, 0.717) is 16.7 Å². The van der Waals surface area contributed by atoms with Crippen molar-refractivity contribution < 1.29 is 81.6 Å². The van der Waals surface area contributed by atoms with Gasteiger partial charge in [-0.25, -0.2) is 0 Å². The molecule has 0 unspecified atom stereocenters. The SMILES string of the molecule is C/C(=C(/[O-])c1ccccc1)[C@H]([O-])c1ccccc1.[Cl-].[Cl-].[Cl-].[Cl-].[Mg+2].[Ti+4]. The maximum Gasteiger partial charge on any atom is 4.00 e. The van der Waals surface area contributed by atoms with Crippen LogP contribution in [-0.2, 0) is 21.7 Å². The van der Waals surface area contributed by atoms with Crippen LogP contribution in [0.3, 0.4) is 0 Å². The molecule has 1 atom stereocenters. The minimum Gasteiger partial charge on any atom is -1.00 e. The second kappa shape index (κ2) is 18.4. The number of hydrogen-bond donors (Lipinski definition) is 0. The van der Waals surface area contributed by atoms with Crippen LogP contribution in [0.5, 0.6) is 0 Å². The molecule has 0 spiro atoms. The zero-order valence-electron chi connectivity index (χ0n) is 12.9. The summed E-state index contributed by atoms with van der Waals surface area (Å²) in [6.07, 6.45) is -1.10. The Morgan fingerprint density at radius 3 is 1.58 bits per heavy atom. The summed E-state index contributed by atoms with van der Waals surface area (Å²) in [5, 5.41) is 24.3. The van der Waals surface area contributed by atoms with Crippen molar-refractivity contribution in [3.05, 3.63) is 77.4 Å². The first-order valence-corrected chi connectivity index (χ1v) is 5.84. The van der Waals surface area contributed by atoms with Gasteiger partial charge in [0.2, 0.25) is 0 Å². The Bertz CT molecular complexity index is 557. The Morgan fingerprint density at radius 1 is 0.792 bits per heavy atom. The van der Waals surface area contributed by atoms with Crippen molar-refractivity contribution in [1.82, 2.24) is 0 Å². The van der Waals surface area contributed by atoms with Crippen LogP contribution >= 0.6 is 0 Å². The molecule has 0 aliphatic carbocycles. The summed E-state index contributed by atoms with van der Waals surface area (Å²) in [6.45, 7) is 1.61. The largest absolute Gasteiger partial charge is 4.00 e. The van der Waals surface area contributed by atoms with Gasteiger partial charge >= 0.3 is 44.8 Å². The molecule has 0 aromatic heterocycles. The molecule has 0 fully saturated rings. The summed E-state index contributed by atoms with van der Waals surface area (Å²) >= 11 is 0. The summed E-state index contributed by atoms with van der Waals surface area (Å²) in [6, 6.07) is 17.8. The van der Waals surface area contributed by atoms with Crippen LogP contribution < -0.4 is 59.8 Å². The van der Waals surface area contributed by atoms with Gasteiger partial charge in [0.1, 0.15) is 0 Å². The Kier molecular flexibility index (Phi) is 27.3. The normalized spacial score (nSPS) is 10.4. The molecule has 0 aliphatic rings. The van der Waals surface area contributed by atoms with E-state index in [0.717, 1.165) is 0 Å². The van der Waals surface area contributed by atoms with Gasteiger partial charge < -0.3 is 59.8 Å². The Morgan fingerprint density at radius 2 is 1.17 bits per heavy atom. The fourth-order valence-electron chi connectivity index (χ4n) is 1.81. The molecule has 0 radical (unpaired) electrons. The van der Waals surface area contributed by atoms with Gasteiger partial charge in [-0.2, -0.15) is 0 Å². The van der Waals surface area contributed by atoms with Crippen molar-refractivity contribution in [1.29, 1.82) is 0 Å². The minimum atomic E-state index is -1.10. The van der Waals surface area contributed by atoms with Crippen LogP contribution in [0.25, 0.3) is 5.76 Å². The summed E-state index contributed by atoms with van der Waals surface area (Å²) in [5.74, 6) is -0.181. The maximum atomic E-state index is 12.2. The summed E-state index contributed by atoms with van der Waals surface area (Å²) < 4.78 is 0.